The molecule has 1 aromatic rings. The van der Waals surface area contributed by atoms with Crippen molar-refractivity contribution in [2.45, 2.75) is 6.92 Å². The Labute approximate surface area is 158 Å². The molecule has 1 fully saturated rings. The van der Waals surface area contributed by atoms with Crippen LogP contribution in [0.5, 0.6) is 0 Å². The van der Waals surface area contributed by atoms with Crippen molar-refractivity contribution in [3.05, 3.63) is 36.3 Å². The number of piperazine rings is 1. The van der Waals surface area contributed by atoms with Crippen molar-refractivity contribution in [3.63, 3.8) is 0 Å². The van der Waals surface area contributed by atoms with Gasteiger partial charge in [-0.2, -0.15) is 0 Å². The van der Waals surface area contributed by atoms with Gasteiger partial charge in [0.05, 0.1) is 0 Å². The minimum absolute atomic E-state index is 0.0263. The summed E-state index contributed by atoms with van der Waals surface area (Å²) in [5.41, 5.74) is 1.79. The Morgan fingerprint density at radius 1 is 1.11 bits per heavy atom. The molecule has 3 rings (SSSR count). The van der Waals surface area contributed by atoms with Gasteiger partial charge in [-0.15, -0.1) is 0 Å². The van der Waals surface area contributed by atoms with Crippen LogP contribution in [-0.2, 0) is 23.8 Å². The Bertz CT molecular complexity index is 681. The van der Waals surface area contributed by atoms with Crippen LogP contribution in [0.15, 0.2) is 36.3 Å². The molecule has 0 aromatic heterocycles. The van der Waals surface area contributed by atoms with Crippen LogP contribution < -0.4 is 10.2 Å². The lowest BCUT2D eigenvalue weighted by Gasteiger charge is -2.35. The first-order valence-electron chi connectivity index (χ1n) is 9.14. The summed E-state index contributed by atoms with van der Waals surface area (Å²) in [6, 6.07) is 7.67. The number of nitrogens with one attached hydrogen (secondary N) is 1. The molecule has 1 saturated heterocycles. The van der Waals surface area contributed by atoms with E-state index < -0.39 is 11.9 Å². The van der Waals surface area contributed by atoms with Crippen molar-refractivity contribution in [3.8, 4) is 0 Å². The second-order valence-electron chi connectivity index (χ2n) is 6.29. The molecule has 2 aliphatic heterocycles. The number of carbonyl (C=O) groups is 2. The molecule has 8 nitrogen and oxygen atoms in total. The van der Waals surface area contributed by atoms with E-state index in [9.17, 15) is 9.59 Å². The Morgan fingerprint density at radius 2 is 1.85 bits per heavy atom. The number of anilines is 2. The second-order valence-corrected chi connectivity index (χ2v) is 6.29. The molecule has 2 aliphatic rings. The van der Waals surface area contributed by atoms with E-state index in [1.165, 1.54) is 6.26 Å². The van der Waals surface area contributed by atoms with E-state index in [1.54, 1.807) is 0 Å². The summed E-state index contributed by atoms with van der Waals surface area (Å²) >= 11 is 0. The molecule has 0 bridgehead atoms. The average molecular weight is 375 g/mol. The van der Waals surface area contributed by atoms with E-state index in [4.69, 9.17) is 14.2 Å². The van der Waals surface area contributed by atoms with E-state index >= 15 is 0 Å². The monoisotopic (exact) mass is 375 g/mol. The molecule has 0 unspecified atom stereocenters. The molecular formula is C19H25N3O5. The molecule has 1 amide bonds. The lowest BCUT2D eigenvalue weighted by atomic mass is 10.2. The van der Waals surface area contributed by atoms with Crippen molar-refractivity contribution >= 4 is 23.3 Å². The highest BCUT2D eigenvalue weighted by atomic mass is 16.6. The molecule has 0 radical (unpaired) electrons. The minimum atomic E-state index is -0.716. The molecule has 0 atom stereocenters. The number of amides is 1. The average Bonchev–Trinajstić information content (AvgIpc) is 2.73. The van der Waals surface area contributed by atoms with Gasteiger partial charge in [0.1, 0.15) is 19.5 Å². The number of hydrogen-bond donors (Lipinski definition) is 1. The van der Waals surface area contributed by atoms with Crippen molar-refractivity contribution in [2.24, 2.45) is 0 Å². The van der Waals surface area contributed by atoms with Crippen molar-refractivity contribution in [1.82, 2.24) is 4.90 Å². The smallest absolute Gasteiger partial charge is 0.377 e. The highest BCUT2D eigenvalue weighted by Gasteiger charge is 2.18. The maximum atomic E-state index is 12.0. The summed E-state index contributed by atoms with van der Waals surface area (Å²) < 4.78 is 15.0. The van der Waals surface area contributed by atoms with Crippen LogP contribution in [0, 0.1) is 0 Å². The lowest BCUT2D eigenvalue weighted by molar-refractivity contribution is -0.148. The predicted molar refractivity (Wildman–Crippen MR) is 100 cm³/mol. The van der Waals surface area contributed by atoms with Gasteiger partial charge in [-0.25, -0.2) is 4.79 Å². The van der Waals surface area contributed by atoms with Crippen LogP contribution in [-0.4, -0.2) is 69.3 Å². The summed E-state index contributed by atoms with van der Waals surface area (Å²) in [6.45, 7) is 7.66. The quantitative estimate of drug-likeness (QED) is 0.749. The molecule has 0 spiro atoms. The van der Waals surface area contributed by atoms with Crippen LogP contribution in [0.25, 0.3) is 0 Å². The number of likely N-dealkylation sites (N-methyl/N-ethyl adjacent to an activating group) is 1. The molecule has 0 aliphatic carbocycles. The molecular weight excluding hydrogens is 350 g/mol. The van der Waals surface area contributed by atoms with Gasteiger partial charge in [0.2, 0.25) is 5.76 Å². The molecule has 1 N–H and O–H groups in total. The van der Waals surface area contributed by atoms with Crippen LogP contribution in [0.4, 0.5) is 11.4 Å². The van der Waals surface area contributed by atoms with Crippen LogP contribution in [0.2, 0.25) is 0 Å². The van der Waals surface area contributed by atoms with Gasteiger partial charge >= 0.3 is 5.97 Å². The fourth-order valence-corrected chi connectivity index (χ4v) is 2.95. The molecule has 2 heterocycles. The molecule has 146 valence electrons. The van der Waals surface area contributed by atoms with Gasteiger partial charge in [0.15, 0.2) is 6.61 Å². The lowest BCUT2D eigenvalue weighted by Crippen LogP contribution is -2.46. The van der Waals surface area contributed by atoms with Gasteiger partial charge in [0, 0.05) is 37.6 Å². The number of benzene rings is 1. The number of carbonyl (C=O) groups excluding carboxylic acids is 2. The zero-order chi connectivity index (χ0) is 19.1. The van der Waals surface area contributed by atoms with E-state index in [2.05, 4.69) is 22.0 Å². The van der Waals surface area contributed by atoms with Crippen molar-refractivity contribution in [1.29, 1.82) is 0 Å². The van der Waals surface area contributed by atoms with Crippen molar-refractivity contribution < 1.29 is 23.8 Å². The third kappa shape index (κ3) is 5.37. The molecule has 0 saturated carbocycles. The van der Waals surface area contributed by atoms with Gasteiger partial charge in [-0.05, 0) is 30.8 Å². The Kier molecular flexibility index (Phi) is 6.54. The van der Waals surface area contributed by atoms with E-state index in [0.29, 0.717) is 12.3 Å². The van der Waals surface area contributed by atoms with E-state index in [-0.39, 0.29) is 19.0 Å². The maximum Gasteiger partial charge on any atom is 0.377 e. The normalized spacial score (nSPS) is 17.4. The zero-order valence-electron chi connectivity index (χ0n) is 15.5. The predicted octanol–water partition coefficient (Wildman–Crippen LogP) is 1.20. The van der Waals surface area contributed by atoms with Gasteiger partial charge in [0.25, 0.3) is 5.91 Å². The van der Waals surface area contributed by atoms with Crippen LogP contribution in [0.3, 0.4) is 0 Å². The molecule has 27 heavy (non-hydrogen) atoms. The van der Waals surface area contributed by atoms with Crippen LogP contribution >= 0.6 is 0 Å². The van der Waals surface area contributed by atoms with Crippen LogP contribution in [0.1, 0.15) is 6.92 Å². The van der Waals surface area contributed by atoms with Gasteiger partial charge in [-0.1, -0.05) is 6.92 Å². The number of esters is 1. The summed E-state index contributed by atoms with van der Waals surface area (Å²) in [4.78, 5) is 28.5. The number of ether oxygens (including phenoxy) is 3. The summed E-state index contributed by atoms with van der Waals surface area (Å²) in [7, 11) is 0. The Hall–Kier alpha value is -2.74. The fourth-order valence-electron chi connectivity index (χ4n) is 2.95. The van der Waals surface area contributed by atoms with Gasteiger partial charge in [-0.3, -0.25) is 4.79 Å². The number of hydrogen-bond acceptors (Lipinski definition) is 7. The second kappa shape index (κ2) is 9.27. The fraction of sp³-hybridized carbons (Fsp3) is 0.474. The zero-order valence-corrected chi connectivity index (χ0v) is 15.5. The molecule has 1 aromatic carbocycles. The summed E-state index contributed by atoms with van der Waals surface area (Å²) in [5, 5.41) is 2.71. The summed E-state index contributed by atoms with van der Waals surface area (Å²) in [6.07, 6.45) is 1.20. The Morgan fingerprint density at radius 3 is 2.48 bits per heavy atom. The van der Waals surface area contributed by atoms with Crippen molar-refractivity contribution in [2.75, 3.05) is 62.8 Å². The summed E-state index contributed by atoms with van der Waals surface area (Å²) in [5.74, 6) is -1.15. The highest BCUT2D eigenvalue weighted by molar-refractivity contribution is 5.94. The van der Waals surface area contributed by atoms with E-state index in [1.807, 2.05) is 24.3 Å². The first-order chi connectivity index (χ1) is 13.2. The number of nitrogens with zero attached hydrogens (tertiary/aromatic N) is 2. The topological polar surface area (TPSA) is 80.3 Å². The van der Waals surface area contributed by atoms with Gasteiger partial charge < -0.3 is 29.3 Å². The first kappa shape index (κ1) is 19.0. The SMILES string of the molecule is CCN1CCN(c2ccc(NC(=O)COC(=O)C3=COCCO3)cc2)CC1. The maximum absolute atomic E-state index is 12.0. The Balaban J connectivity index is 1.44. The highest BCUT2D eigenvalue weighted by Crippen LogP contribution is 2.19. The molecule has 8 heteroatoms. The largest absolute Gasteiger partial charge is 0.493 e. The van der Waals surface area contributed by atoms with E-state index in [0.717, 1.165) is 38.4 Å². The third-order valence-corrected chi connectivity index (χ3v) is 4.52. The first-order valence-corrected chi connectivity index (χ1v) is 9.14. The number of rotatable bonds is 6. The third-order valence-electron chi connectivity index (χ3n) is 4.52. The standard InChI is InChI=1S/C19H25N3O5/c1-2-21-7-9-22(10-8-21)16-5-3-15(4-6-16)20-18(23)14-27-19(24)17-13-25-11-12-26-17/h3-6,13H,2,7-12,14H2,1H3,(H,20,23). The minimum Gasteiger partial charge on any atom is -0.493 e.